The zero-order valence-electron chi connectivity index (χ0n) is 15.1. The number of rotatable bonds is 4. The van der Waals surface area contributed by atoms with Crippen molar-refractivity contribution >= 4 is 17.7 Å². The summed E-state index contributed by atoms with van der Waals surface area (Å²) in [7, 11) is 0. The molecule has 0 saturated heterocycles. The van der Waals surface area contributed by atoms with Gasteiger partial charge in [0.05, 0.1) is 11.1 Å². The van der Waals surface area contributed by atoms with Gasteiger partial charge in [-0.15, -0.1) is 0 Å². The third-order valence-electron chi connectivity index (χ3n) is 5.37. The summed E-state index contributed by atoms with van der Waals surface area (Å²) >= 11 is 0. The minimum absolute atomic E-state index is 0.139. The van der Waals surface area contributed by atoms with Crippen LogP contribution >= 0.6 is 0 Å². The highest BCUT2D eigenvalue weighted by molar-refractivity contribution is 6.22. The van der Waals surface area contributed by atoms with Gasteiger partial charge in [0.1, 0.15) is 6.04 Å². The highest BCUT2D eigenvalue weighted by Crippen LogP contribution is 2.28. The van der Waals surface area contributed by atoms with E-state index in [4.69, 9.17) is 0 Å². The molecule has 25 heavy (non-hydrogen) atoms. The number of nitrogens with one attached hydrogen (secondary N) is 1. The molecule has 0 radical (unpaired) electrons. The first-order valence-corrected chi connectivity index (χ1v) is 9.17. The molecule has 0 spiro atoms. The first-order chi connectivity index (χ1) is 11.9. The minimum Gasteiger partial charge on any atom is -0.352 e. The molecule has 1 aliphatic heterocycles. The molecule has 1 unspecified atom stereocenters. The fourth-order valence-corrected chi connectivity index (χ4v) is 3.87. The molecule has 1 N–H and O–H groups in total. The SMILES string of the molecule is CC1CCC(NC(=O)C(C(C)C)N2C(=O)c3ccccc3C2=O)CC1. The van der Waals surface area contributed by atoms with Crippen LogP contribution in [0.5, 0.6) is 0 Å². The van der Waals surface area contributed by atoms with Crippen molar-refractivity contribution in [2.75, 3.05) is 0 Å². The molecule has 1 saturated carbocycles. The number of carbonyl (C=O) groups is 3. The van der Waals surface area contributed by atoms with E-state index in [0.717, 1.165) is 30.6 Å². The quantitative estimate of drug-likeness (QED) is 0.856. The Bertz CT molecular complexity index is 655. The average Bonchev–Trinajstić information content (AvgIpc) is 2.83. The monoisotopic (exact) mass is 342 g/mol. The zero-order chi connectivity index (χ0) is 18.1. The van der Waals surface area contributed by atoms with Crippen molar-refractivity contribution in [1.29, 1.82) is 0 Å². The van der Waals surface area contributed by atoms with Gasteiger partial charge in [0, 0.05) is 6.04 Å². The van der Waals surface area contributed by atoms with E-state index in [0.29, 0.717) is 17.0 Å². The van der Waals surface area contributed by atoms with Gasteiger partial charge < -0.3 is 5.32 Å². The molecule has 1 aromatic carbocycles. The summed E-state index contributed by atoms with van der Waals surface area (Å²) < 4.78 is 0. The Morgan fingerprint density at radius 2 is 1.56 bits per heavy atom. The van der Waals surface area contributed by atoms with Crippen LogP contribution in [0.25, 0.3) is 0 Å². The lowest BCUT2D eigenvalue weighted by molar-refractivity contribution is -0.127. The third kappa shape index (κ3) is 3.32. The van der Waals surface area contributed by atoms with Crippen LogP contribution in [0.4, 0.5) is 0 Å². The van der Waals surface area contributed by atoms with Crippen molar-refractivity contribution in [1.82, 2.24) is 10.2 Å². The van der Waals surface area contributed by atoms with E-state index in [1.807, 2.05) is 13.8 Å². The van der Waals surface area contributed by atoms with Gasteiger partial charge in [-0.1, -0.05) is 32.9 Å². The number of benzene rings is 1. The largest absolute Gasteiger partial charge is 0.352 e. The Balaban J connectivity index is 1.79. The van der Waals surface area contributed by atoms with Gasteiger partial charge in [-0.3, -0.25) is 19.3 Å². The molecule has 5 heteroatoms. The highest BCUT2D eigenvalue weighted by Gasteiger charge is 2.44. The van der Waals surface area contributed by atoms with E-state index < -0.39 is 6.04 Å². The number of fused-ring (bicyclic) bond motifs is 1. The Morgan fingerprint density at radius 3 is 2.04 bits per heavy atom. The van der Waals surface area contributed by atoms with Crippen molar-refractivity contribution in [2.45, 2.75) is 58.5 Å². The van der Waals surface area contributed by atoms with Gasteiger partial charge in [0.2, 0.25) is 5.91 Å². The third-order valence-corrected chi connectivity index (χ3v) is 5.37. The van der Waals surface area contributed by atoms with E-state index in [1.165, 1.54) is 0 Å². The first kappa shape index (κ1) is 17.6. The van der Waals surface area contributed by atoms with Crippen molar-refractivity contribution < 1.29 is 14.4 Å². The summed E-state index contributed by atoms with van der Waals surface area (Å²) in [4.78, 5) is 39.5. The number of imide groups is 1. The van der Waals surface area contributed by atoms with Crippen LogP contribution in [0.15, 0.2) is 24.3 Å². The second-order valence-corrected chi connectivity index (χ2v) is 7.68. The van der Waals surface area contributed by atoms with Gasteiger partial charge in [0.25, 0.3) is 11.8 Å². The van der Waals surface area contributed by atoms with E-state index >= 15 is 0 Å². The zero-order valence-corrected chi connectivity index (χ0v) is 15.1. The molecule has 2 aliphatic rings. The molecular formula is C20H26N2O3. The van der Waals surface area contributed by atoms with Crippen LogP contribution in [0.1, 0.15) is 67.2 Å². The molecule has 0 bridgehead atoms. The molecular weight excluding hydrogens is 316 g/mol. The molecule has 1 aliphatic carbocycles. The fourth-order valence-electron chi connectivity index (χ4n) is 3.87. The van der Waals surface area contributed by atoms with Crippen molar-refractivity contribution in [3.05, 3.63) is 35.4 Å². The number of hydrogen-bond donors (Lipinski definition) is 1. The van der Waals surface area contributed by atoms with Crippen LogP contribution < -0.4 is 5.32 Å². The summed E-state index contributed by atoms with van der Waals surface area (Å²) in [6, 6.07) is 6.13. The smallest absolute Gasteiger partial charge is 0.262 e. The Labute approximate surface area is 148 Å². The maximum absolute atomic E-state index is 12.9. The molecule has 1 fully saturated rings. The second-order valence-electron chi connectivity index (χ2n) is 7.68. The van der Waals surface area contributed by atoms with Gasteiger partial charge >= 0.3 is 0 Å². The number of amides is 3. The van der Waals surface area contributed by atoms with E-state index in [1.54, 1.807) is 24.3 Å². The van der Waals surface area contributed by atoms with Gasteiger partial charge in [-0.05, 0) is 49.7 Å². The Kier molecular flexibility index (Phi) is 4.93. The van der Waals surface area contributed by atoms with Gasteiger partial charge in [-0.25, -0.2) is 0 Å². The maximum atomic E-state index is 12.9. The van der Waals surface area contributed by atoms with Crippen molar-refractivity contribution in [2.24, 2.45) is 11.8 Å². The normalized spacial score (nSPS) is 24.4. The van der Waals surface area contributed by atoms with E-state index in [9.17, 15) is 14.4 Å². The predicted molar refractivity (Wildman–Crippen MR) is 95.1 cm³/mol. The van der Waals surface area contributed by atoms with Crippen molar-refractivity contribution in [3.63, 3.8) is 0 Å². The van der Waals surface area contributed by atoms with Crippen LogP contribution in [0.2, 0.25) is 0 Å². The summed E-state index contributed by atoms with van der Waals surface area (Å²) in [5.74, 6) is -0.405. The molecule has 1 heterocycles. The Hall–Kier alpha value is -2.17. The van der Waals surface area contributed by atoms with Crippen LogP contribution in [0.3, 0.4) is 0 Å². The number of hydrogen-bond acceptors (Lipinski definition) is 3. The lowest BCUT2D eigenvalue weighted by Crippen LogP contribution is -2.54. The number of carbonyl (C=O) groups excluding carboxylic acids is 3. The average molecular weight is 342 g/mol. The number of nitrogens with zero attached hydrogens (tertiary/aromatic N) is 1. The molecule has 1 aromatic rings. The van der Waals surface area contributed by atoms with E-state index in [-0.39, 0.29) is 29.7 Å². The maximum Gasteiger partial charge on any atom is 0.262 e. The molecule has 3 amide bonds. The first-order valence-electron chi connectivity index (χ1n) is 9.17. The summed E-state index contributed by atoms with van der Waals surface area (Å²) in [5.41, 5.74) is 0.773. The highest BCUT2D eigenvalue weighted by atomic mass is 16.2. The molecule has 1 atom stereocenters. The van der Waals surface area contributed by atoms with Crippen LogP contribution in [-0.4, -0.2) is 34.7 Å². The lowest BCUT2D eigenvalue weighted by atomic mass is 9.87. The van der Waals surface area contributed by atoms with Gasteiger partial charge in [0.15, 0.2) is 0 Å². The molecule has 3 rings (SSSR count). The molecule has 5 nitrogen and oxygen atoms in total. The minimum atomic E-state index is -0.772. The van der Waals surface area contributed by atoms with Crippen molar-refractivity contribution in [3.8, 4) is 0 Å². The predicted octanol–water partition coefficient (Wildman–Crippen LogP) is 3.00. The van der Waals surface area contributed by atoms with E-state index in [2.05, 4.69) is 12.2 Å². The lowest BCUT2D eigenvalue weighted by Gasteiger charge is -2.32. The molecule has 0 aromatic heterocycles. The Morgan fingerprint density at radius 1 is 1.04 bits per heavy atom. The van der Waals surface area contributed by atoms with Crippen LogP contribution in [0, 0.1) is 11.8 Å². The van der Waals surface area contributed by atoms with Crippen LogP contribution in [-0.2, 0) is 4.79 Å². The fraction of sp³-hybridized carbons (Fsp3) is 0.550. The van der Waals surface area contributed by atoms with Gasteiger partial charge in [-0.2, -0.15) is 0 Å². The topological polar surface area (TPSA) is 66.5 Å². The summed E-state index contributed by atoms with van der Waals surface area (Å²) in [6.45, 7) is 5.97. The standard InChI is InChI=1S/C20H26N2O3/c1-12(2)17(18(23)21-14-10-8-13(3)9-11-14)22-19(24)15-6-4-5-7-16(15)20(22)25/h4-7,12-14,17H,8-11H2,1-3H3,(H,21,23). The summed E-state index contributed by atoms with van der Waals surface area (Å²) in [6.07, 6.45) is 4.12. The summed E-state index contributed by atoms with van der Waals surface area (Å²) in [5, 5.41) is 3.08. The molecule has 134 valence electrons. The second kappa shape index (κ2) is 6.98.